The van der Waals surface area contributed by atoms with E-state index >= 15 is 0 Å². The van der Waals surface area contributed by atoms with Gasteiger partial charge < -0.3 is 20.1 Å². The molecule has 0 amide bonds. The fraction of sp³-hybridized carbons (Fsp3) is 0.318. The second kappa shape index (κ2) is 7.84. The number of nitrogens with zero attached hydrogens (tertiary/aromatic N) is 2. The molecule has 6 nitrogen and oxygen atoms in total. The summed E-state index contributed by atoms with van der Waals surface area (Å²) in [6.45, 7) is 3.94. The third-order valence-corrected chi connectivity index (χ3v) is 4.96. The van der Waals surface area contributed by atoms with Gasteiger partial charge in [0, 0.05) is 25.1 Å². The van der Waals surface area contributed by atoms with Gasteiger partial charge in [0.05, 0.1) is 24.4 Å². The van der Waals surface area contributed by atoms with Crippen LogP contribution < -0.4 is 4.74 Å². The number of aromatic hydroxyl groups is 3. The lowest BCUT2D eigenvalue weighted by Gasteiger charge is -2.19. The number of phenols is 3. The lowest BCUT2D eigenvalue weighted by atomic mass is 9.94. The number of hydrogen-bond acceptors (Lipinski definition) is 6. The summed E-state index contributed by atoms with van der Waals surface area (Å²) in [5.41, 5.74) is 3.76. The molecule has 1 unspecified atom stereocenters. The molecule has 6 heteroatoms. The molecular formula is C22H26N2O4. The maximum atomic E-state index is 10.9. The Morgan fingerprint density at radius 1 is 1.21 bits per heavy atom. The molecule has 0 spiro atoms. The zero-order chi connectivity index (χ0) is 20.4. The molecule has 148 valence electrons. The predicted molar refractivity (Wildman–Crippen MR) is 109 cm³/mol. The van der Waals surface area contributed by atoms with E-state index in [1.807, 2.05) is 44.1 Å². The predicted octanol–water partition coefficient (Wildman–Crippen LogP) is 4.10. The van der Waals surface area contributed by atoms with Gasteiger partial charge >= 0.3 is 0 Å². The topological polar surface area (TPSA) is 85.5 Å². The number of phenolic OH excluding ortho intramolecular Hbond substituents is 3. The van der Waals surface area contributed by atoms with Crippen LogP contribution in [0.4, 0.5) is 0 Å². The van der Waals surface area contributed by atoms with Crippen molar-refractivity contribution < 1.29 is 20.1 Å². The lowest BCUT2D eigenvalue weighted by molar-refractivity contribution is 0.289. The van der Waals surface area contributed by atoms with Gasteiger partial charge in [-0.25, -0.2) is 0 Å². The van der Waals surface area contributed by atoms with E-state index in [4.69, 9.17) is 4.74 Å². The first kappa shape index (κ1) is 19.6. The molecule has 0 aromatic heterocycles. The molecule has 0 fully saturated rings. The zero-order valence-corrected chi connectivity index (χ0v) is 16.6. The van der Waals surface area contributed by atoms with Crippen molar-refractivity contribution in [2.45, 2.75) is 32.7 Å². The Labute approximate surface area is 165 Å². The van der Waals surface area contributed by atoms with Crippen molar-refractivity contribution in [3.8, 4) is 23.0 Å². The van der Waals surface area contributed by atoms with Crippen LogP contribution in [0.5, 0.6) is 23.0 Å². The molecule has 1 heterocycles. The molecule has 1 aliphatic heterocycles. The summed E-state index contributed by atoms with van der Waals surface area (Å²) in [4.78, 5) is 0. The van der Waals surface area contributed by atoms with Crippen LogP contribution >= 0.6 is 0 Å². The van der Waals surface area contributed by atoms with Gasteiger partial charge in [-0.2, -0.15) is 5.10 Å². The highest BCUT2D eigenvalue weighted by molar-refractivity contribution is 6.06. The summed E-state index contributed by atoms with van der Waals surface area (Å²) in [7, 11) is 3.38. The van der Waals surface area contributed by atoms with E-state index in [0.29, 0.717) is 35.4 Å². The standard InChI is InChI=1S/C22H26N2O4/c1-13(2)5-10-16-19(26)12-20(28-4)21(22(16)27)17-11-18(24(3)23-17)14-6-8-15(25)9-7-14/h5-9,12,18,25-27H,10-11H2,1-4H3. The molecule has 1 atom stereocenters. The van der Waals surface area contributed by atoms with E-state index in [-0.39, 0.29) is 23.3 Å². The van der Waals surface area contributed by atoms with Gasteiger partial charge in [-0.3, -0.25) is 5.01 Å². The smallest absolute Gasteiger partial charge is 0.135 e. The quantitative estimate of drug-likeness (QED) is 0.678. The van der Waals surface area contributed by atoms with Crippen molar-refractivity contribution in [3.05, 3.63) is 58.7 Å². The fourth-order valence-corrected chi connectivity index (χ4v) is 3.42. The van der Waals surface area contributed by atoms with Crippen LogP contribution in [-0.4, -0.2) is 40.2 Å². The number of ether oxygens (including phenoxy) is 1. The lowest BCUT2D eigenvalue weighted by Crippen LogP contribution is -2.13. The maximum Gasteiger partial charge on any atom is 0.135 e. The van der Waals surface area contributed by atoms with Gasteiger partial charge in [0.25, 0.3) is 0 Å². The van der Waals surface area contributed by atoms with E-state index in [2.05, 4.69) is 5.10 Å². The molecule has 3 rings (SSSR count). The van der Waals surface area contributed by atoms with Crippen LogP contribution in [0.1, 0.15) is 43.0 Å². The van der Waals surface area contributed by atoms with Gasteiger partial charge in [-0.1, -0.05) is 23.8 Å². The van der Waals surface area contributed by atoms with Crippen LogP contribution in [0.3, 0.4) is 0 Å². The summed E-state index contributed by atoms with van der Waals surface area (Å²) in [5, 5.41) is 37.3. The Morgan fingerprint density at radius 2 is 1.89 bits per heavy atom. The van der Waals surface area contributed by atoms with Crippen molar-refractivity contribution >= 4 is 5.71 Å². The highest BCUT2D eigenvalue weighted by Gasteiger charge is 2.31. The third-order valence-electron chi connectivity index (χ3n) is 4.96. The van der Waals surface area contributed by atoms with Gasteiger partial charge in [0.2, 0.25) is 0 Å². The molecule has 3 N–H and O–H groups in total. The number of allylic oxidation sites excluding steroid dienone is 2. The van der Waals surface area contributed by atoms with Gasteiger partial charge in [0.15, 0.2) is 0 Å². The normalized spacial score (nSPS) is 16.1. The summed E-state index contributed by atoms with van der Waals surface area (Å²) >= 11 is 0. The molecular weight excluding hydrogens is 356 g/mol. The third kappa shape index (κ3) is 3.76. The Morgan fingerprint density at radius 3 is 2.50 bits per heavy atom. The second-order valence-corrected chi connectivity index (χ2v) is 7.22. The summed E-state index contributed by atoms with van der Waals surface area (Å²) in [5.74, 6) is 0.590. The van der Waals surface area contributed by atoms with Crippen molar-refractivity contribution in [1.82, 2.24) is 5.01 Å². The summed E-state index contributed by atoms with van der Waals surface area (Å²) in [6, 6.07) is 8.54. The Bertz CT molecular complexity index is 929. The molecule has 0 saturated heterocycles. The van der Waals surface area contributed by atoms with Crippen LogP contribution in [0.25, 0.3) is 0 Å². The average Bonchev–Trinajstić information content (AvgIpc) is 3.02. The van der Waals surface area contributed by atoms with E-state index in [0.717, 1.165) is 11.1 Å². The zero-order valence-electron chi connectivity index (χ0n) is 16.6. The Hall–Kier alpha value is -3.15. The first-order valence-electron chi connectivity index (χ1n) is 9.16. The molecule has 0 saturated carbocycles. The van der Waals surface area contributed by atoms with E-state index in [1.54, 1.807) is 12.1 Å². The molecule has 1 aliphatic rings. The number of rotatable bonds is 5. The minimum atomic E-state index is -0.0188. The van der Waals surface area contributed by atoms with Crippen molar-refractivity contribution in [2.24, 2.45) is 5.10 Å². The first-order chi connectivity index (χ1) is 13.3. The number of methoxy groups -OCH3 is 1. The number of hydrazone groups is 1. The minimum Gasteiger partial charge on any atom is -0.508 e. The van der Waals surface area contributed by atoms with E-state index in [9.17, 15) is 15.3 Å². The molecule has 28 heavy (non-hydrogen) atoms. The monoisotopic (exact) mass is 382 g/mol. The highest BCUT2D eigenvalue weighted by atomic mass is 16.5. The maximum absolute atomic E-state index is 10.9. The molecule has 2 aromatic carbocycles. The summed E-state index contributed by atoms with van der Waals surface area (Å²) in [6.07, 6.45) is 2.94. The number of hydrogen-bond donors (Lipinski definition) is 3. The van der Waals surface area contributed by atoms with Crippen LogP contribution in [0, 0.1) is 0 Å². The molecule has 0 radical (unpaired) electrons. The molecule has 0 aliphatic carbocycles. The highest BCUT2D eigenvalue weighted by Crippen LogP contribution is 2.42. The van der Waals surface area contributed by atoms with Crippen LogP contribution in [0.15, 0.2) is 47.1 Å². The van der Waals surface area contributed by atoms with Crippen LogP contribution in [0.2, 0.25) is 0 Å². The SMILES string of the molecule is COc1cc(O)c(CC=C(C)C)c(O)c1C1=NN(C)C(c2ccc(O)cc2)C1. The first-order valence-corrected chi connectivity index (χ1v) is 9.16. The van der Waals surface area contributed by atoms with Crippen molar-refractivity contribution in [2.75, 3.05) is 14.2 Å². The molecule has 0 bridgehead atoms. The largest absolute Gasteiger partial charge is 0.508 e. The average molecular weight is 382 g/mol. The molecule has 2 aromatic rings. The second-order valence-electron chi connectivity index (χ2n) is 7.22. The Kier molecular flexibility index (Phi) is 5.49. The van der Waals surface area contributed by atoms with Gasteiger partial charge in [-0.05, 0) is 38.0 Å². The minimum absolute atomic E-state index is 0.00219. The van der Waals surface area contributed by atoms with Gasteiger partial charge in [0.1, 0.15) is 23.0 Å². The summed E-state index contributed by atoms with van der Waals surface area (Å²) < 4.78 is 5.42. The van der Waals surface area contributed by atoms with Crippen LogP contribution in [-0.2, 0) is 6.42 Å². The Balaban J connectivity index is 2.00. The van der Waals surface area contributed by atoms with E-state index in [1.165, 1.54) is 13.2 Å². The fourth-order valence-electron chi connectivity index (χ4n) is 3.42. The van der Waals surface area contributed by atoms with Crippen molar-refractivity contribution in [3.63, 3.8) is 0 Å². The number of benzene rings is 2. The van der Waals surface area contributed by atoms with Crippen molar-refractivity contribution in [1.29, 1.82) is 0 Å². The van der Waals surface area contributed by atoms with E-state index < -0.39 is 0 Å². The van der Waals surface area contributed by atoms with Gasteiger partial charge in [-0.15, -0.1) is 0 Å².